The van der Waals surface area contributed by atoms with Crippen LogP contribution < -0.4 is 0 Å². The summed E-state index contributed by atoms with van der Waals surface area (Å²) in [7, 11) is 0. The van der Waals surface area contributed by atoms with Gasteiger partial charge in [0.1, 0.15) is 0 Å². The minimum absolute atomic E-state index is 0.0135. The first-order chi connectivity index (χ1) is 7.79. The largest absolute Gasteiger partial charge is 0.389 e. The Balaban J connectivity index is 2.49. The first-order valence-corrected chi connectivity index (χ1v) is 5.56. The van der Waals surface area contributed by atoms with Gasteiger partial charge >= 0.3 is 6.18 Å². The van der Waals surface area contributed by atoms with Gasteiger partial charge in [0.05, 0.1) is 0 Å². The van der Waals surface area contributed by atoms with Crippen LogP contribution in [0.5, 0.6) is 0 Å². The molecular formula is C12H16F3NO. The van der Waals surface area contributed by atoms with Crippen LogP contribution in [0.25, 0.3) is 0 Å². The maximum absolute atomic E-state index is 11.9. The van der Waals surface area contributed by atoms with Gasteiger partial charge in [-0.3, -0.25) is 4.79 Å². The zero-order chi connectivity index (χ0) is 13.1. The molecule has 1 heterocycles. The van der Waals surface area contributed by atoms with Gasteiger partial charge in [-0.1, -0.05) is 13.8 Å². The molecule has 1 aromatic heterocycles. The highest BCUT2D eigenvalue weighted by molar-refractivity contribution is 5.97. The maximum atomic E-state index is 11.9. The standard InChI is InChI=1S/C12H16F3NO/c1-9(2)11(17)10-4-7-16(8-10)6-3-5-12(13,14)15/h4,7-9H,3,5-6H2,1-2H3. The third kappa shape index (κ3) is 4.63. The van der Waals surface area contributed by atoms with Crippen LogP contribution >= 0.6 is 0 Å². The Morgan fingerprint density at radius 3 is 2.59 bits per heavy atom. The summed E-state index contributed by atoms with van der Waals surface area (Å²) in [6.07, 6.45) is -1.61. The topological polar surface area (TPSA) is 22.0 Å². The molecule has 0 aliphatic heterocycles. The number of nitrogens with zero attached hydrogens (tertiary/aromatic N) is 1. The number of aryl methyl sites for hydroxylation is 1. The van der Waals surface area contributed by atoms with Crippen molar-refractivity contribution in [2.75, 3.05) is 0 Å². The summed E-state index contributed by atoms with van der Waals surface area (Å²) in [4.78, 5) is 11.6. The summed E-state index contributed by atoms with van der Waals surface area (Å²) >= 11 is 0. The fraction of sp³-hybridized carbons (Fsp3) is 0.583. The second-order valence-corrected chi connectivity index (χ2v) is 4.38. The minimum atomic E-state index is -4.11. The van der Waals surface area contributed by atoms with Crippen LogP contribution in [0, 0.1) is 5.92 Å². The van der Waals surface area contributed by atoms with Crippen LogP contribution in [0.15, 0.2) is 18.5 Å². The van der Waals surface area contributed by atoms with E-state index in [4.69, 9.17) is 0 Å². The molecule has 0 unspecified atom stereocenters. The molecule has 96 valence electrons. The van der Waals surface area contributed by atoms with Gasteiger partial charge in [-0.25, -0.2) is 0 Å². The monoisotopic (exact) mass is 247 g/mol. The van der Waals surface area contributed by atoms with Crippen LogP contribution in [0.3, 0.4) is 0 Å². The lowest BCUT2D eigenvalue weighted by Gasteiger charge is -2.06. The fourth-order valence-electron chi connectivity index (χ4n) is 1.52. The SMILES string of the molecule is CC(C)C(=O)c1ccn(CCCC(F)(F)F)c1. The summed E-state index contributed by atoms with van der Waals surface area (Å²) in [6.45, 7) is 3.87. The molecule has 0 radical (unpaired) electrons. The molecule has 0 aromatic carbocycles. The molecular weight excluding hydrogens is 231 g/mol. The second-order valence-electron chi connectivity index (χ2n) is 4.38. The Morgan fingerprint density at radius 2 is 2.06 bits per heavy atom. The van der Waals surface area contributed by atoms with Gasteiger partial charge in [-0.05, 0) is 12.5 Å². The number of Topliss-reactive ketones (excluding diaryl/α,β-unsaturated/α-hetero) is 1. The average Bonchev–Trinajstić information content (AvgIpc) is 2.63. The van der Waals surface area contributed by atoms with Gasteiger partial charge in [0.2, 0.25) is 0 Å². The van der Waals surface area contributed by atoms with Crippen molar-refractivity contribution in [3.05, 3.63) is 24.0 Å². The summed E-state index contributed by atoms with van der Waals surface area (Å²) in [5.74, 6) is -0.0828. The quantitative estimate of drug-likeness (QED) is 0.728. The first kappa shape index (κ1) is 13.8. The van der Waals surface area contributed by atoms with Crippen molar-refractivity contribution in [1.82, 2.24) is 4.57 Å². The van der Waals surface area contributed by atoms with E-state index in [9.17, 15) is 18.0 Å². The number of hydrogen-bond donors (Lipinski definition) is 0. The molecule has 0 N–H and O–H groups in total. The lowest BCUT2D eigenvalue weighted by Crippen LogP contribution is -2.09. The number of ketones is 1. The molecule has 0 aliphatic carbocycles. The molecule has 1 rings (SSSR count). The Bertz CT molecular complexity index is 379. The van der Waals surface area contributed by atoms with Gasteiger partial charge in [0.25, 0.3) is 0 Å². The van der Waals surface area contributed by atoms with E-state index in [0.717, 1.165) is 0 Å². The van der Waals surface area contributed by atoms with E-state index in [0.29, 0.717) is 5.56 Å². The van der Waals surface area contributed by atoms with Crippen molar-refractivity contribution < 1.29 is 18.0 Å². The van der Waals surface area contributed by atoms with Gasteiger partial charge < -0.3 is 4.57 Å². The van der Waals surface area contributed by atoms with Crippen molar-refractivity contribution in [3.63, 3.8) is 0 Å². The third-order valence-corrected chi connectivity index (χ3v) is 2.44. The molecule has 0 saturated carbocycles. The molecule has 0 aliphatic rings. The summed E-state index contributed by atoms with van der Waals surface area (Å²) < 4.78 is 37.4. The number of halogens is 3. The predicted octanol–water partition coefficient (Wildman–Crippen LogP) is 3.67. The molecule has 0 spiro atoms. The highest BCUT2D eigenvalue weighted by Crippen LogP contribution is 2.21. The normalized spacial score (nSPS) is 12.1. The second kappa shape index (κ2) is 5.38. The van der Waals surface area contributed by atoms with E-state index in [1.54, 1.807) is 36.9 Å². The van der Waals surface area contributed by atoms with Gasteiger partial charge in [-0.2, -0.15) is 13.2 Å². The van der Waals surface area contributed by atoms with E-state index in [1.807, 2.05) is 0 Å². The maximum Gasteiger partial charge on any atom is 0.389 e. The molecule has 17 heavy (non-hydrogen) atoms. The van der Waals surface area contributed by atoms with Crippen molar-refractivity contribution in [2.45, 2.75) is 39.4 Å². The van der Waals surface area contributed by atoms with E-state index >= 15 is 0 Å². The number of alkyl halides is 3. The van der Waals surface area contributed by atoms with Crippen molar-refractivity contribution in [1.29, 1.82) is 0 Å². The Hall–Kier alpha value is -1.26. The molecule has 0 amide bonds. The molecule has 2 nitrogen and oxygen atoms in total. The first-order valence-electron chi connectivity index (χ1n) is 5.56. The van der Waals surface area contributed by atoms with Crippen LogP contribution in [-0.2, 0) is 6.54 Å². The molecule has 0 bridgehead atoms. The van der Waals surface area contributed by atoms with E-state index in [2.05, 4.69) is 0 Å². The lowest BCUT2D eigenvalue weighted by molar-refractivity contribution is -0.135. The average molecular weight is 247 g/mol. The lowest BCUT2D eigenvalue weighted by atomic mass is 10.0. The number of hydrogen-bond acceptors (Lipinski definition) is 1. The van der Waals surface area contributed by atoms with E-state index in [1.165, 1.54) is 0 Å². The summed E-state index contributed by atoms with van der Waals surface area (Å²) in [5, 5.41) is 0. The highest BCUT2D eigenvalue weighted by atomic mass is 19.4. The zero-order valence-corrected chi connectivity index (χ0v) is 9.92. The van der Waals surface area contributed by atoms with Crippen LogP contribution in [-0.4, -0.2) is 16.5 Å². The zero-order valence-electron chi connectivity index (χ0n) is 9.92. The molecule has 0 fully saturated rings. The smallest absolute Gasteiger partial charge is 0.354 e. The Kier molecular flexibility index (Phi) is 4.37. The Labute approximate surface area is 98.4 Å². The third-order valence-electron chi connectivity index (χ3n) is 2.44. The predicted molar refractivity (Wildman–Crippen MR) is 58.9 cm³/mol. The number of rotatable bonds is 5. The molecule has 0 atom stereocenters. The van der Waals surface area contributed by atoms with E-state index in [-0.39, 0.29) is 24.7 Å². The van der Waals surface area contributed by atoms with Crippen LogP contribution in [0.4, 0.5) is 13.2 Å². The van der Waals surface area contributed by atoms with Crippen LogP contribution in [0.2, 0.25) is 0 Å². The van der Waals surface area contributed by atoms with Gasteiger partial charge in [0, 0.05) is 36.8 Å². The number of aromatic nitrogens is 1. The molecule has 5 heteroatoms. The van der Waals surface area contributed by atoms with Crippen molar-refractivity contribution >= 4 is 5.78 Å². The fourth-order valence-corrected chi connectivity index (χ4v) is 1.52. The summed E-state index contributed by atoms with van der Waals surface area (Å²) in [5.41, 5.74) is 0.562. The summed E-state index contributed by atoms with van der Waals surface area (Å²) in [6, 6.07) is 1.65. The minimum Gasteiger partial charge on any atom is -0.354 e. The number of carbonyl (C=O) groups is 1. The van der Waals surface area contributed by atoms with Crippen LogP contribution in [0.1, 0.15) is 37.0 Å². The number of carbonyl (C=O) groups excluding carboxylic acids is 1. The molecule has 1 aromatic rings. The van der Waals surface area contributed by atoms with Crippen molar-refractivity contribution in [2.24, 2.45) is 5.92 Å². The van der Waals surface area contributed by atoms with Crippen molar-refractivity contribution in [3.8, 4) is 0 Å². The molecule has 0 saturated heterocycles. The van der Waals surface area contributed by atoms with Gasteiger partial charge in [-0.15, -0.1) is 0 Å². The van der Waals surface area contributed by atoms with E-state index < -0.39 is 12.6 Å². The van der Waals surface area contributed by atoms with Gasteiger partial charge in [0.15, 0.2) is 5.78 Å². The Morgan fingerprint density at radius 1 is 1.41 bits per heavy atom. The highest BCUT2D eigenvalue weighted by Gasteiger charge is 2.26.